The summed E-state index contributed by atoms with van der Waals surface area (Å²) < 4.78 is 28.0. The van der Waals surface area contributed by atoms with Crippen molar-refractivity contribution in [2.75, 3.05) is 16.2 Å². The number of rotatable bonds is 3. The molecule has 1 atom stereocenters. The van der Waals surface area contributed by atoms with Crippen molar-refractivity contribution in [3.8, 4) is 0 Å². The van der Waals surface area contributed by atoms with Crippen LogP contribution in [0.1, 0.15) is 19.4 Å². The van der Waals surface area contributed by atoms with Crippen LogP contribution in [0.4, 0.5) is 11.4 Å². The number of thioether (sulfide) groups is 1. The molecule has 0 saturated carbocycles. The molecule has 0 aliphatic carbocycles. The zero-order chi connectivity index (χ0) is 18.2. The second-order valence-corrected chi connectivity index (χ2v) is 9.32. The smallest absolute Gasteiger partial charge is 0.261 e. The third kappa shape index (κ3) is 3.82. The molecule has 1 heterocycles. The van der Waals surface area contributed by atoms with E-state index in [1.807, 2.05) is 26.0 Å². The van der Waals surface area contributed by atoms with Crippen molar-refractivity contribution >= 4 is 39.1 Å². The number of benzene rings is 2. The van der Waals surface area contributed by atoms with Crippen LogP contribution in [-0.4, -0.2) is 26.1 Å². The minimum atomic E-state index is -3.72. The number of hydrogen-bond acceptors (Lipinski definition) is 4. The molecule has 1 aliphatic rings. The normalized spacial score (nSPS) is 17.1. The van der Waals surface area contributed by atoms with Crippen LogP contribution in [-0.2, 0) is 14.8 Å². The Balaban J connectivity index is 1.96. The topological polar surface area (TPSA) is 66.5 Å². The molecule has 0 bridgehead atoms. The van der Waals surface area contributed by atoms with Crippen LogP contribution in [0.15, 0.2) is 52.3 Å². The van der Waals surface area contributed by atoms with Gasteiger partial charge in [-0.2, -0.15) is 0 Å². The Morgan fingerprint density at radius 2 is 1.88 bits per heavy atom. The molecular weight excluding hydrogens is 356 g/mol. The van der Waals surface area contributed by atoms with E-state index in [0.29, 0.717) is 17.9 Å². The molecule has 5 nitrogen and oxygen atoms in total. The number of nitrogens with one attached hydrogen (secondary N) is 1. The van der Waals surface area contributed by atoms with Crippen molar-refractivity contribution in [1.82, 2.24) is 0 Å². The first-order chi connectivity index (χ1) is 11.8. The average molecular weight is 377 g/mol. The lowest BCUT2D eigenvalue weighted by atomic mass is 10.2. The third-order valence-electron chi connectivity index (χ3n) is 3.98. The van der Waals surface area contributed by atoms with E-state index < -0.39 is 10.0 Å². The van der Waals surface area contributed by atoms with Gasteiger partial charge >= 0.3 is 0 Å². The van der Waals surface area contributed by atoms with Gasteiger partial charge in [0.25, 0.3) is 10.0 Å². The molecule has 2 aromatic carbocycles. The van der Waals surface area contributed by atoms with Gasteiger partial charge in [0.1, 0.15) is 0 Å². The highest BCUT2D eigenvalue weighted by Gasteiger charge is 2.27. The number of carbonyl (C=O) groups excluding carboxylic acids is 1. The fourth-order valence-corrected chi connectivity index (χ4v) is 4.89. The second kappa shape index (κ2) is 6.72. The van der Waals surface area contributed by atoms with Gasteiger partial charge < -0.3 is 4.90 Å². The van der Waals surface area contributed by atoms with Gasteiger partial charge in [0.05, 0.1) is 10.6 Å². The summed E-state index contributed by atoms with van der Waals surface area (Å²) in [7, 11) is -3.72. The number of amides is 1. The van der Waals surface area contributed by atoms with Crippen LogP contribution in [0.5, 0.6) is 0 Å². The van der Waals surface area contributed by atoms with Crippen molar-refractivity contribution in [2.24, 2.45) is 0 Å². The fraction of sp³-hybridized carbons (Fsp3) is 0.278. The van der Waals surface area contributed by atoms with Crippen LogP contribution in [0.3, 0.4) is 0 Å². The van der Waals surface area contributed by atoms with E-state index in [4.69, 9.17) is 0 Å². The highest BCUT2D eigenvalue weighted by atomic mass is 32.2. The van der Waals surface area contributed by atoms with Gasteiger partial charge in [0.2, 0.25) is 5.91 Å². The predicted octanol–water partition coefficient (Wildman–Crippen LogP) is 3.64. The lowest BCUT2D eigenvalue weighted by Crippen LogP contribution is -2.37. The molecular formula is C18H20N2O3S2. The van der Waals surface area contributed by atoms with Crippen LogP contribution < -0.4 is 9.62 Å². The molecule has 25 heavy (non-hydrogen) atoms. The monoisotopic (exact) mass is 376 g/mol. The number of hydrogen-bond donors (Lipinski definition) is 1. The lowest BCUT2D eigenvalue weighted by Gasteiger charge is -2.32. The van der Waals surface area contributed by atoms with E-state index >= 15 is 0 Å². The summed E-state index contributed by atoms with van der Waals surface area (Å²) in [4.78, 5) is 14.6. The van der Waals surface area contributed by atoms with Gasteiger partial charge in [-0.25, -0.2) is 8.42 Å². The molecule has 1 N–H and O–H groups in total. The maximum absolute atomic E-state index is 12.7. The number of anilines is 2. The van der Waals surface area contributed by atoms with Gasteiger partial charge in [-0.3, -0.25) is 9.52 Å². The highest BCUT2D eigenvalue weighted by Crippen LogP contribution is 2.39. The summed E-state index contributed by atoms with van der Waals surface area (Å²) in [5.41, 5.74) is 2.22. The fourth-order valence-electron chi connectivity index (χ4n) is 2.72. The Kier molecular flexibility index (Phi) is 4.79. The summed E-state index contributed by atoms with van der Waals surface area (Å²) in [5, 5.41) is 0.268. The average Bonchev–Trinajstić information content (AvgIpc) is 2.55. The molecule has 132 valence electrons. The standard InChI is InChI=1S/C18H20N2O3S2/c1-12-4-6-15(7-5-12)19-25(22,23)16-8-9-18-17(10-16)20(14(3)21)11-13(2)24-18/h4-10,13,19H,11H2,1-3H3/t13-/m1/s1. The van der Waals surface area contributed by atoms with E-state index in [1.165, 1.54) is 6.92 Å². The van der Waals surface area contributed by atoms with Gasteiger partial charge in [0.15, 0.2) is 0 Å². The zero-order valence-electron chi connectivity index (χ0n) is 14.3. The number of nitrogens with zero attached hydrogens (tertiary/aromatic N) is 1. The van der Waals surface area contributed by atoms with E-state index in [2.05, 4.69) is 4.72 Å². The highest BCUT2D eigenvalue weighted by molar-refractivity contribution is 8.00. The molecule has 0 saturated heterocycles. The van der Waals surface area contributed by atoms with Gasteiger partial charge in [0, 0.05) is 29.3 Å². The van der Waals surface area contributed by atoms with Crippen molar-refractivity contribution in [2.45, 2.75) is 35.8 Å². The lowest BCUT2D eigenvalue weighted by molar-refractivity contribution is -0.116. The third-order valence-corrected chi connectivity index (χ3v) is 6.51. The first-order valence-electron chi connectivity index (χ1n) is 7.94. The van der Waals surface area contributed by atoms with E-state index in [9.17, 15) is 13.2 Å². The Morgan fingerprint density at radius 1 is 1.20 bits per heavy atom. The maximum atomic E-state index is 12.7. The van der Waals surface area contributed by atoms with Crippen molar-refractivity contribution < 1.29 is 13.2 Å². The summed E-state index contributed by atoms with van der Waals surface area (Å²) in [6, 6.07) is 12.1. The summed E-state index contributed by atoms with van der Waals surface area (Å²) in [6.45, 7) is 6.06. The second-order valence-electron chi connectivity index (χ2n) is 6.16. The van der Waals surface area contributed by atoms with Crippen LogP contribution in [0, 0.1) is 6.92 Å². The first-order valence-corrected chi connectivity index (χ1v) is 10.3. The van der Waals surface area contributed by atoms with Crippen LogP contribution in [0.25, 0.3) is 0 Å². The van der Waals surface area contributed by atoms with E-state index in [1.54, 1.807) is 47.0 Å². The number of carbonyl (C=O) groups is 1. The Morgan fingerprint density at radius 3 is 2.52 bits per heavy atom. The minimum absolute atomic E-state index is 0.0885. The SMILES string of the molecule is CC(=O)N1C[C@@H](C)Sc2ccc(S(=O)(=O)Nc3ccc(C)cc3)cc21. The Labute approximate surface area is 152 Å². The van der Waals surface area contributed by atoms with E-state index in [0.717, 1.165) is 10.5 Å². The molecule has 0 aromatic heterocycles. The van der Waals surface area contributed by atoms with Crippen molar-refractivity contribution in [3.63, 3.8) is 0 Å². The Bertz CT molecular complexity index is 908. The number of aryl methyl sites for hydroxylation is 1. The van der Waals surface area contributed by atoms with Crippen LogP contribution >= 0.6 is 11.8 Å². The summed E-state index contributed by atoms with van der Waals surface area (Å²) in [5.74, 6) is -0.0885. The minimum Gasteiger partial charge on any atom is -0.310 e. The number of fused-ring (bicyclic) bond motifs is 1. The zero-order valence-corrected chi connectivity index (χ0v) is 15.9. The molecule has 2 aromatic rings. The largest absolute Gasteiger partial charge is 0.310 e. The first kappa shape index (κ1) is 17.8. The van der Waals surface area contributed by atoms with Gasteiger partial charge in [-0.1, -0.05) is 24.6 Å². The summed E-state index contributed by atoms with van der Waals surface area (Å²) in [6.07, 6.45) is 0. The Hall–Kier alpha value is -1.99. The molecule has 0 radical (unpaired) electrons. The van der Waals surface area contributed by atoms with Gasteiger partial charge in [-0.05, 0) is 37.3 Å². The molecule has 1 amide bonds. The van der Waals surface area contributed by atoms with Crippen molar-refractivity contribution in [3.05, 3.63) is 48.0 Å². The van der Waals surface area contributed by atoms with Gasteiger partial charge in [-0.15, -0.1) is 11.8 Å². The molecule has 7 heteroatoms. The predicted molar refractivity (Wildman–Crippen MR) is 102 cm³/mol. The molecule has 3 rings (SSSR count). The van der Waals surface area contributed by atoms with Crippen LogP contribution in [0.2, 0.25) is 0 Å². The van der Waals surface area contributed by atoms with E-state index in [-0.39, 0.29) is 16.1 Å². The molecule has 0 spiro atoms. The molecule has 0 unspecified atom stereocenters. The number of sulfonamides is 1. The molecule has 1 aliphatic heterocycles. The maximum Gasteiger partial charge on any atom is 0.261 e. The summed E-state index contributed by atoms with van der Waals surface area (Å²) >= 11 is 1.65. The quantitative estimate of drug-likeness (QED) is 0.888. The van der Waals surface area contributed by atoms with Crippen molar-refractivity contribution in [1.29, 1.82) is 0 Å². The molecule has 0 fully saturated rings.